The number of carbonyl (C=O) groups excluding carboxylic acids is 1. The first-order valence-corrected chi connectivity index (χ1v) is 4.13. The molecule has 8 heteroatoms. The molecule has 0 unspecified atom stereocenters. The second-order valence-electron chi connectivity index (χ2n) is 2.93. The summed E-state index contributed by atoms with van der Waals surface area (Å²) in [6, 6.07) is 4.25. The van der Waals surface area contributed by atoms with E-state index in [2.05, 4.69) is 0 Å². The molecule has 0 fully saturated rings. The summed E-state index contributed by atoms with van der Waals surface area (Å²) in [5.74, 6) is -1.42. The third-order valence-electron chi connectivity index (χ3n) is 1.60. The SMILES string of the molecule is O=C(NC[B-](F)(F)F)c1ccc(F)cc1.[K+]. The summed E-state index contributed by atoms with van der Waals surface area (Å²) in [5.41, 5.74) is -0.00329. The number of hydrogen-bond acceptors (Lipinski definition) is 1. The Morgan fingerprint density at radius 3 is 2.12 bits per heavy atom. The van der Waals surface area contributed by atoms with Gasteiger partial charge in [-0.3, -0.25) is 4.79 Å². The van der Waals surface area contributed by atoms with Gasteiger partial charge in [0.05, 0.1) is 0 Å². The van der Waals surface area contributed by atoms with E-state index in [1.54, 1.807) is 5.32 Å². The molecule has 0 radical (unpaired) electrons. The monoisotopic (exact) mass is 259 g/mol. The maximum Gasteiger partial charge on any atom is 1.00 e. The Hall–Kier alpha value is 0.111. The summed E-state index contributed by atoms with van der Waals surface area (Å²) in [4.78, 5) is 11.1. The number of carbonyl (C=O) groups is 1. The summed E-state index contributed by atoms with van der Waals surface area (Å²) in [6.45, 7) is -5.04. The van der Waals surface area contributed by atoms with Crippen molar-refractivity contribution in [2.24, 2.45) is 0 Å². The van der Waals surface area contributed by atoms with Gasteiger partial charge in [-0.05, 0) is 30.7 Å². The summed E-state index contributed by atoms with van der Waals surface area (Å²) in [7, 11) is 0. The number of rotatable bonds is 3. The van der Waals surface area contributed by atoms with Crippen LogP contribution in [-0.4, -0.2) is 19.3 Å². The Morgan fingerprint density at radius 2 is 1.69 bits per heavy atom. The molecule has 0 aliphatic carbocycles. The van der Waals surface area contributed by atoms with E-state index in [-0.39, 0.29) is 56.9 Å². The quantitative estimate of drug-likeness (QED) is 0.544. The molecule has 2 nitrogen and oxygen atoms in total. The van der Waals surface area contributed by atoms with Crippen LogP contribution in [0, 0.1) is 5.82 Å². The van der Waals surface area contributed by atoms with Crippen LogP contribution in [0.2, 0.25) is 0 Å². The van der Waals surface area contributed by atoms with Crippen molar-refractivity contribution in [1.29, 1.82) is 0 Å². The van der Waals surface area contributed by atoms with Crippen molar-refractivity contribution in [3.8, 4) is 0 Å². The number of amides is 1. The molecule has 1 amide bonds. The Labute approximate surface area is 132 Å². The Morgan fingerprint density at radius 1 is 1.19 bits per heavy atom. The molecule has 0 spiro atoms. The molecule has 0 saturated carbocycles. The van der Waals surface area contributed by atoms with Gasteiger partial charge in [-0.2, -0.15) is 0 Å². The molecule has 1 aromatic carbocycles. The largest absolute Gasteiger partial charge is 1.00 e. The molecular formula is C8H7BF4KNO. The van der Waals surface area contributed by atoms with E-state index in [1.165, 1.54) is 0 Å². The molecule has 0 atom stereocenters. The molecule has 1 aromatic rings. The first kappa shape index (κ1) is 16.1. The van der Waals surface area contributed by atoms with E-state index >= 15 is 0 Å². The van der Waals surface area contributed by atoms with E-state index in [0.717, 1.165) is 24.3 Å². The predicted octanol–water partition coefficient (Wildman–Crippen LogP) is -1.05. The van der Waals surface area contributed by atoms with Crippen LogP contribution in [0.4, 0.5) is 17.3 Å². The van der Waals surface area contributed by atoms with Crippen LogP contribution >= 0.6 is 0 Å². The van der Waals surface area contributed by atoms with E-state index in [0.29, 0.717) is 0 Å². The maximum absolute atomic E-state index is 12.4. The van der Waals surface area contributed by atoms with Crippen molar-refractivity contribution in [1.82, 2.24) is 5.32 Å². The standard InChI is InChI=1S/C8H7BF4NO.K/c10-7-3-1-6(2-4-7)8(15)14-5-9(11,12)13;/h1-4H,5H2,(H,14,15);/q-1;+1. The van der Waals surface area contributed by atoms with E-state index in [4.69, 9.17) is 0 Å². The molecular weight excluding hydrogens is 252 g/mol. The minimum absolute atomic E-state index is 0. The molecule has 0 aliphatic rings. The molecule has 1 rings (SSSR count). The smallest absolute Gasteiger partial charge is 0.448 e. The topological polar surface area (TPSA) is 29.1 Å². The van der Waals surface area contributed by atoms with E-state index < -0.39 is 25.1 Å². The Kier molecular flexibility index (Phi) is 6.80. The molecule has 0 aromatic heterocycles. The second kappa shape index (κ2) is 6.75. The zero-order valence-corrected chi connectivity index (χ0v) is 11.6. The van der Waals surface area contributed by atoms with Crippen LogP contribution in [0.5, 0.6) is 0 Å². The van der Waals surface area contributed by atoms with Crippen LogP contribution < -0.4 is 56.7 Å². The predicted molar refractivity (Wildman–Crippen MR) is 47.8 cm³/mol. The fraction of sp³-hybridized carbons (Fsp3) is 0.125. The van der Waals surface area contributed by atoms with Gasteiger partial charge < -0.3 is 18.3 Å². The van der Waals surface area contributed by atoms with Crippen LogP contribution in [0.3, 0.4) is 0 Å². The van der Waals surface area contributed by atoms with Crippen molar-refractivity contribution in [2.75, 3.05) is 6.44 Å². The second-order valence-corrected chi connectivity index (χ2v) is 2.93. The number of benzene rings is 1. The van der Waals surface area contributed by atoms with Gasteiger partial charge in [-0.15, -0.1) is 0 Å². The maximum atomic E-state index is 12.4. The summed E-state index contributed by atoms with van der Waals surface area (Å²) >= 11 is 0. The van der Waals surface area contributed by atoms with Gasteiger partial charge in [-0.1, -0.05) is 0 Å². The van der Waals surface area contributed by atoms with Gasteiger partial charge in [-0.25, -0.2) is 4.39 Å². The van der Waals surface area contributed by atoms with Gasteiger partial charge in [0.25, 0.3) is 0 Å². The minimum atomic E-state index is -5.04. The van der Waals surface area contributed by atoms with Crippen molar-refractivity contribution in [2.45, 2.75) is 0 Å². The van der Waals surface area contributed by atoms with Crippen molar-refractivity contribution < 1.29 is 73.5 Å². The van der Waals surface area contributed by atoms with Gasteiger partial charge in [0, 0.05) is 5.56 Å². The first-order valence-electron chi connectivity index (χ1n) is 4.13. The zero-order chi connectivity index (χ0) is 11.5. The summed E-state index contributed by atoms with van der Waals surface area (Å²) in [5, 5.41) is 1.70. The average molecular weight is 259 g/mol. The average Bonchev–Trinajstić information content (AvgIpc) is 2.14. The Balaban J connectivity index is 0.00000225. The summed E-state index contributed by atoms with van der Waals surface area (Å²) in [6.07, 6.45) is -1.34. The minimum Gasteiger partial charge on any atom is -0.448 e. The zero-order valence-electron chi connectivity index (χ0n) is 8.51. The summed E-state index contributed by atoms with van der Waals surface area (Å²) < 4.78 is 47.8. The molecule has 0 heterocycles. The van der Waals surface area contributed by atoms with Gasteiger partial charge in [0.1, 0.15) is 5.82 Å². The van der Waals surface area contributed by atoms with Crippen molar-refractivity contribution in [3.63, 3.8) is 0 Å². The van der Waals surface area contributed by atoms with Gasteiger partial charge >= 0.3 is 58.4 Å². The van der Waals surface area contributed by atoms with Crippen LogP contribution in [0.15, 0.2) is 24.3 Å². The van der Waals surface area contributed by atoms with Crippen LogP contribution in [0.25, 0.3) is 0 Å². The van der Waals surface area contributed by atoms with Crippen LogP contribution in [0.1, 0.15) is 10.4 Å². The van der Waals surface area contributed by atoms with Crippen molar-refractivity contribution >= 4 is 12.9 Å². The van der Waals surface area contributed by atoms with Gasteiger partial charge in [0.15, 0.2) is 0 Å². The normalized spacial score (nSPS) is 10.5. The number of nitrogens with one attached hydrogen (secondary N) is 1. The first-order chi connectivity index (χ1) is 6.88. The van der Waals surface area contributed by atoms with Crippen molar-refractivity contribution in [3.05, 3.63) is 35.6 Å². The molecule has 16 heavy (non-hydrogen) atoms. The fourth-order valence-electron chi connectivity index (χ4n) is 0.912. The van der Waals surface area contributed by atoms with E-state index in [1.807, 2.05) is 0 Å². The molecule has 1 N–H and O–H groups in total. The fourth-order valence-corrected chi connectivity index (χ4v) is 0.912. The third kappa shape index (κ3) is 6.00. The molecule has 0 aliphatic heterocycles. The number of hydrogen-bond donors (Lipinski definition) is 1. The Bertz CT molecular complexity index is 354. The molecule has 0 saturated heterocycles. The third-order valence-corrected chi connectivity index (χ3v) is 1.60. The number of halogens is 4. The van der Waals surface area contributed by atoms with E-state index in [9.17, 15) is 22.1 Å². The molecule has 82 valence electrons. The molecule has 0 bridgehead atoms. The van der Waals surface area contributed by atoms with Crippen LogP contribution in [-0.2, 0) is 0 Å². The van der Waals surface area contributed by atoms with Gasteiger partial charge in [0.2, 0.25) is 5.91 Å².